The molecule has 0 aliphatic heterocycles. The SMILES string of the molecule is COC(=O)c1ccc(-c2noc(-c3cccc(Br)c3)n2)cc1C. The summed E-state index contributed by atoms with van der Waals surface area (Å²) < 4.78 is 11.0. The van der Waals surface area contributed by atoms with Crippen molar-refractivity contribution in [3.8, 4) is 22.8 Å². The van der Waals surface area contributed by atoms with Crippen molar-refractivity contribution in [3.05, 3.63) is 58.1 Å². The molecule has 5 nitrogen and oxygen atoms in total. The first-order chi connectivity index (χ1) is 11.1. The number of aromatic nitrogens is 2. The third-order valence-corrected chi connectivity index (χ3v) is 3.88. The Labute approximate surface area is 141 Å². The smallest absolute Gasteiger partial charge is 0.338 e. The first-order valence-electron chi connectivity index (χ1n) is 6.87. The van der Waals surface area contributed by atoms with E-state index >= 15 is 0 Å². The second-order valence-electron chi connectivity index (χ2n) is 4.95. The predicted molar refractivity (Wildman–Crippen MR) is 88.9 cm³/mol. The fourth-order valence-corrected chi connectivity index (χ4v) is 2.62. The van der Waals surface area contributed by atoms with Crippen molar-refractivity contribution >= 4 is 21.9 Å². The number of aryl methyl sites for hydroxylation is 1. The number of ether oxygens (including phenoxy) is 1. The molecule has 0 spiro atoms. The highest BCUT2D eigenvalue weighted by atomic mass is 79.9. The summed E-state index contributed by atoms with van der Waals surface area (Å²) in [6.45, 7) is 1.84. The largest absolute Gasteiger partial charge is 0.465 e. The Bertz CT molecular complexity index is 874. The molecule has 0 fully saturated rings. The van der Waals surface area contributed by atoms with Crippen molar-refractivity contribution in [1.29, 1.82) is 0 Å². The Kier molecular flexibility index (Phi) is 4.25. The van der Waals surface area contributed by atoms with Crippen molar-refractivity contribution in [3.63, 3.8) is 0 Å². The molecule has 0 saturated carbocycles. The number of carbonyl (C=O) groups excluding carboxylic acids is 1. The molecule has 0 bridgehead atoms. The Morgan fingerprint density at radius 3 is 2.70 bits per heavy atom. The Morgan fingerprint density at radius 2 is 2.00 bits per heavy atom. The van der Waals surface area contributed by atoms with Crippen LogP contribution in [0.2, 0.25) is 0 Å². The summed E-state index contributed by atoms with van der Waals surface area (Å²) in [7, 11) is 1.36. The van der Waals surface area contributed by atoms with Crippen molar-refractivity contribution in [2.75, 3.05) is 7.11 Å². The molecule has 0 N–H and O–H groups in total. The van der Waals surface area contributed by atoms with Gasteiger partial charge in [0, 0.05) is 15.6 Å². The van der Waals surface area contributed by atoms with Gasteiger partial charge in [0.2, 0.25) is 5.82 Å². The minimum absolute atomic E-state index is 0.364. The van der Waals surface area contributed by atoms with E-state index < -0.39 is 0 Å². The van der Waals surface area contributed by atoms with Gasteiger partial charge in [-0.15, -0.1) is 0 Å². The van der Waals surface area contributed by atoms with Gasteiger partial charge in [-0.3, -0.25) is 0 Å². The summed E-state index contributed by atoms with van der Waals surface area (Å²) in [6.07, 6.45) is 0. The highest BCUT2D eigenvalue weighted by Crippen LogP contribution is 2.25. The molecule has 0 saturated heterocycles. The number of benzene rings is 2. The van der Waals surface area contributed by atoms with E-state index in [-0.39, 0.29) is 5.97 Å². The van der Waals surface area contributed by atoms with E-state index in [1.165, 1.54) is 7.11 Å². The summed E-state index contributed by atoms with van der Waals surface area (Å²) in [4.78, 5) is 16.0. The molecule has 0 unspecified atom stereocenters. The second-order valence-corrected chi connectivity index (χ2v) is 5.87. The van der Waals surface area contributed by atoms with Gasteiger partial charge in [0.15, 0.2) is 0 Å². The standard InChI is InChI=1S/C17H13BrN2O3/c1-10-8-11(6-7-14(10)17(21)22-2)15-19-16(23-20-15)12-4-3-5-13(18)9-12/h3-9H,1-2H3. The normalized spacial score (nSPS) is 10.6. The quantitative estimate of drug-likeness (QED) is 0.642. The van der Waals surface area contributed by atoms with E-state index in [4.69, 9.17) is 9.26 Å². The fraction of sp³-hybridized carbons (Fsp3) is 0.118. The van der Waals surface area contributed by atoms with Crippen molar-refractivity contribution in [2.45, 2.75) is 6.92 Å². The first kappa shape index (κ1) is 15.4. The van der Waals surface area contributed by atoms with Gasteiger partial charge in [-0.25, -0.2) is 4.79 Å². The Hall–Kier alpha value is -2.47. The average Bonchev–Trinajstić information content (AvgIpc) is 3.04. The molecule has 1 aromatic heterocycles. The molecule has 0 radical (unpaired) electrons. The molecule has 116 valence electrons. The van der Waals surface area contributed by atoms with Crippen LogP contribution in [0.3, 0.4) is 0 Å². The molecule has 0 aliphatic carbocycles. The number of carbonyl (C=O) groups is 1. The summed E-state index contributed by atoms with van der Waals surface area (Å²) >= 11 is 3.42. The van der Waals surface area contributed by atoms with Gasteiger partial charge < -0.3 is 9.26 Å². The van der Waals surface area contributed by atoms with Crippen LogP contribution in [0.1, 0.15) is 15.9 Å². The van der Waals surface area contributed by atoms with Gasteiger partial charge in [0.05, 0.1) is 12.7 Å². The number of halogens is 1. The summed E-state index contributed by atoms with van der Waals surface area (Å²) in [5.41, 5.74) is 2.93. The van der Waals surface area contributed by atoms with Crippen LogP contribution in [0.4, 0.5) is 0 Å². The zero-order valence-corrected chi connectivity index (χ0v) is 14.1. The summed E-state index contributed by atoms with van der Waals surface area (Å²) in [6, 6.07) is 12.9. The van der Waals surface area contributed by atoms with Gasteiger partial charge in [0.1, 0.15) is 0 Å². The molecular formula is C17H13BrN2O3. The monoisotopic (exact) mass is 372 g/mol. The molecule has 1 heterocycles. The van der Waals surface area contributed by atoms with E-state index in [1.54, 1.807) is 12.1 Å². The molecule has 2 aromatic carbocycles. The number of methoxy groups -OCH3 is 1. The lowest BCUT2D eigenvalue weighted by molar-refractivity contribution is 0.0600. The fourth-order valence-electron chi connectivity index (χ4n) is 2.22. The van der Waals surface area contributed by atoms with Crippen LogP contribution < -0.4 is 0 Å². The van der Waals surface area contributed by atoms with E-state index in [9.17, 15) is 4.79 Å². The first-order valence-corrected chi connectivity index (χ1v) is 7.67. The summed E-state index contributed by atoms with van der Waals surface area (Å²) in [5.74, 6) is 0.549. The maximum absolute atomic E-state index is 11.6. The van der Waals surface area contributed by atoms with E-state index in [0.29, 0.717) is 17.3 Å². The topological polar surface area (TPSA) is 65.2 Å². The van der Waals surface area contributed by atoms with E-state index in [2.05, 4.69) is 26.1 Å². The lowest BCUT2D eigenvalue weighted by atomic mass is 10.0. The van der Waals surface area contributed by atoms with Crippen LogP contribution in [0.15, 0.2) is 51.5 Å². The van der Waals surface area contributed by atoms with E-state index in [1.807, 2.05) is 37.3 Å². The molecule has 0 atom stereocenters. The maximum Gasteiger partial charge on any atom is 0.338 e. The second kappa shape index (κ2) is 6.34. The van der Waals surface area contributed by atoms with Gasteiger partial charge in [-0.1, -0.05) is 33.2 Å². The molecule has 6 heteroatoms. The van der Waals surface area contributed by atoms with Gasteiger partial charge in [-0.2, -0.15) is 4.98 Å². The van der Waals surface area contributed by atoms with Crippen molar-refractivity contribution in [1.82, 2.24) is 10.1 Å². The Balaban J connectivity index is 1.94. The van der Waals surface area contributed by atoms with Crippen molar-refractivity contribution < 1.29 is 14.1 Å². The summed E-state index contributed by atoms with van der Waals surface area (Å²) in [5, 5.41) is 4.01. The van der Waals surface area contributed by atoms with Crippen LogP contribution in [-0.4, -0.2) is 23.2 Å². The van der Waals surface area contributed by atoms with Crippen LogP contribution >= 0.6 is 15.9 Å². The molecular weight excluding hydrogens is 360 g/mol. The third kappa shape index (κ3) is 3.17. The predicted octanol–water partition coefficient (Wildman–Crippen LogP) is 4.26. The minimum Gasteiger partial charge on any atom is -0.465 e. The van der Waals surface area contributed by atoms with Gasteiger partial charge in [-0.05, 0) is 42.8 Å². The number of hydrogen-bond donors (Lipinski definition) is 0. The van der Waals surface area contributed by atoms with Crippen LogP contribution in [0.25, 0.3) is 22.8 Å². The minimum atomic E-state index is -0.364. The van der Waals surface area contributed by atoms with Crippen LogP contribution in [0, 0.1) is 6.92 Å². The highest BCUT2D eigenvalue weighted by molar-refractivity contribution is 9.10. The Morgan fingerprint density at radius 1 is 1.17 bits per heavy atom. The van der Waals surface area contributed by atoms with Gasteiger partial charge in [0.25, 0.3) is 5.89 Å². The van der Waals surface area contributed by atoms with Crippen molar-refractivity contribution in [2.24, 2.45) is 0 Å². The number of esters is 1. The molecule has 0 aliphatic rings. The van der Waals surface area contributed by atoms with E-state index in [0.717, 1.165) is 21.2 Å². The highest BCUT2D eigenvalue weighted by Gasteiger charge is 2.14. The average molecular weight is 373 g/mol. The molecule has 3 rings (SSSR count). The van der Waals surface area contributed by atoms with Gasteiger partial charge >= 0.3 is 5.97 Å². The maximum atomic E-state index is 11.6. The lowest BCUT2D eigenvalue weighted by Crippen LogP contribution is -2.03. The number of hydrogen-bond acceptors (Lipinski definition) is 5. The zero-order valence-electron chi connectivity index (χ0n) is 12.5. The zero-order chi connectivity index (χ0) is 16.4. The van der Waals surface area contributed by atoms with Crippen LogP contribution in [-0.2, 0) is 4.74 Å². The number of rotatable bonds is 3. The molecule has 23 heavy (non-hydrogen) atoms. The van der Waals surface area contributed by atoms with Crippen LogP contribution in [0.5, 0.6) is 0 Å². The molecule has 0 amide bonds. The number of nitrogens with zero attached hydrogens (tertiary/aromatic N) is 2. The molecule has 3 aromatic rings. The lowest BCUT2D eigenvalue weighted by Gasteiger charge is -2.04. The third-order valence-electron chi connectivity index (χ3n) is 3.39.